The van der Waals surface area contributed by atoms with E-state index in [1.54, 1.807) is 12.1 Å². The number of nitrogens with one attached hydrogen (secondary N) is 1. The van der Waals surface area contributed by atoms with Crippen molar-refractivity contribution in [2.75, 3.05) is 13.2 Å². The maximum atomic E-state index is 12.9. The van der Waals surface area contributed by atoms with Gasteiger partial charge in [0.15, 0.2) is 0 Å². The molecular formula is C18H21ClFNO2. The first kappa shape index (κ1) is 17.9. The number of ether oxygens (including phenoxy) is 1. The average Bonchev–Trinajstić information content (AvgIpc) is 2.55. The normalized spacial score (nSPS) is 13.7. The monoisotopic (exact) mass is 337 g/mol. The topological polar surface area (TPSA) is 41.5 Å². The van der Waals surface area contributed by atoms with Gasteiger partial charge in [-0.1, -0.05) is 41.9 Å². The molecule has 2 aromatic carbocycles. The quantitative estimate of drug-likeness (QED) is 0.771. The summed E-state index contributed by atoms with van der Waals surface area (Å²) in [7, 11) is 0. The Bertz CT molecular complexity index is 606. The molecule has 0 heterocycles. The van der Waals surface area contributed by atoms with Crippen LogP contribution in [0.2, 0.25) is 5.02 Å². The van der Waals surface area contributed by atoms with Crippen molar-refractivity contribution >= 4 is 11.6 Å². The van der Waals surface area contributed by atoms with E-state index in [2.05, 4.69) is 5.32 Å². The Hall–Kier alpha value is -1.46. The van der Waals surface area contributed by atoms with Crippen molar-refractivity contribution in [3.05, 3.63) is 70.5 Å². The molecule has 0 fully saturated rings. The highest BCUT2D eigenvalue weighted by atomic mass is 35.5. The summed E-state index contributed by atoms with van der Waals surface area (Å²) in [5.41, 5.74) is 1.87. The number of halogens is 2. The summed E-state index contributed by atoms with van der Waals surface area (Å²) in [6, 6.07) is 13.8. The third kappa shape index (κ3) is 5.92. The zero-order valence-corrected chi connectivity index (χ0v) is 13.8. The molecule has 0 unspecified atom stereocenters. The minimum Gasteiger partial charge on any atom is -0.389 e. The highest BCUT2D eigenvalue weighted by molar-refractivity contribution is 6.31. The molecule has 0 aliphatic rings. The SMILES string of the molecule is C[C@@H](NC[C@@H](O)COCc1ccccc1Cl)c1ccc(F)cc1. The van der Waals surface area contributed by atoms with Crippen LogP contribution in [0.5, 0.6) is 0 Å². The lowest BCUT2D eigenvalue weighted by atomic mass is 10.1. The van der Waals surface area contributed by atoms with E-state index < -0.39 is 6.10 Å². The van der Waals surface area contributed by atoms with Crippen LogP contribution >= 0.6 is 11.6 Å². The Balaban J connectivity index is 1.69. The zero-order valence-electron chi connectivity index (χ0n) is 13.0. The van der Waals surface area contributed by atoms with E-state index >= 15 is 0 Å². The maximum absolute atomic E-state index is 12.9. The molecular weight excluding hydrogens is 317 g/mol. The number of rotatable bonds is 8. The Morgan fingerprint density at radius 1 is 1.17 bits per heavy atom. The van der Waals surface area contributed by atoms with Crippen molar-refractivity contribution in [2.24, 2.45) is 0 Å². The molecule has 3 nitrogen and oxygen atoms in total. The van der Waals surface area contributed by atoms with Gasteiger partial charge in [-0.25, -0.2) is 4.39 Å². The largest absolute Gasteiger partial charge is 0.389 e. The van der Waals surface area contributed by atoms with Crippen LogP contribution in [0, 0.1) is 5.82 Å². The third-order valence-corrected chi connectivity index (χ3v) is 3.92. The first-order chi connectivity index (χ1) is 11.1. The van der Waals surface area contributed by atoms with Crippen LogP contribution in [-0.2, 0) is 11.3 Å². The maximum Gasteiger partial charge on any atom is 0.123 e. The molecule has 124 valence electrons. The van der Waals surface area contributed by atoms with Crippen LogP contribution < -0.4 is 5.32 Å². The Morgan fingerprint density at radius 2 is 1.87 bits per heavy atom. The lowest BCUT2D eigenvalue weighted by molar-refractivity contribution is 0.0278. The molecule has 0 aromatic heterocycles. The zero-order chi connectivity index (χ0) is 16.7. The summed E-state index contributed by atoms with van der Waals surface area (Å²) in [5, 5.41) is 13.8. The molecule has 0 radical (unpaired) electrons. The van der Waals surface area contributed by atoms with Crippen molar-refractivity contribution < 1.29 is 14.2 Å². The van der Waals surface area contributed by atoms with Gasteiger partial charge in [-0.05, 0) is 36.2 Å². The van der Waals surface area contributed by atoms with Crippen molar-refractivity contribution in [3.8, 4) is 0 Å². The van der Waals surface area contributed by atoms with E-state index in [9.17, 15) is 9.50 Å². The molecule has 0 aliphatic heterocycles. The first-order valence-electron chi connectivity index (χ1n) is 7.54. The van der Waals surface area contributed by atoms with Crippen molar-refractivity contribution in [1.82, 2.24) is 5.32 Å². The van der Waals surface area contributed by atoms with Crippen molar-refractivity contribution in [1.29, 1.82) is 0 Å². The summed E-state index contributed by atoms with van der Waals surface area (Å²) < 4.78 is 18.4. The second kappa shape index (κ2) is 8.99. The molecule has 2 N–H and O–H groups in total. The third-order valence-electron chi connectivity index (χ3n) is 3.56. The summed E-state index contributed by atoms with van der Waals surface area (Å²) in [5.74, 6) is -0.256. The predicted octanol–water partition coefficient (Wildman–Crippen LogP) is 3.71. The van der Waals surface area contributed by atoms with E-state index in [4.69, 9.17) is 16.3 Å². The minimum atomic E-state index is -0.625. The lowest BCUT2D eigenvalue weighted by Gasteiger charge is -2.18. The summed E-state index contributed by atoms with van der Waals surface area (Å²) in [6.07, 6.45) is -0.625. The molecule has 2 rings (SSSR count). The predicted molar refractivity (Wildman–Crippen MR) is 89.9 cm³/mol. The van der Waals surface area contributed by atoms with Gasteiger partial charge in [0.05, 0.1) is 19.3 Å². The lowest BCUT2D eigenvalue weighted by Crippen LogP contribution is -2.32. The van der Waals surface area contributed by atoms with E-state index in [1.165, 1.54) is 12.1 Å². The fraction of sp³-hybridized carbons (Fsp3) is 0.333. The second-order valence-corrected chi connectivity index (χ2v) is 5.85. The molecule has 23 heavy (non-hydrogen) atoms. The standard InChI is InChI=1S/C18H21ClFNO2/c1-13(14-6-8-16(20)9-7-14)21-10-17(22)12-23-11-15-4-2-3-5-18(15)19/h2-9,13,17,21-22H,10-12H2,1H3/t13-,17-/m1/s1. The fourth-order valence-corrected chi connectivity index (χ4v) is 2.35. The Kier molecular flexibility index (Phi) is 6.99. The van der Waals surface area contributed by atoms with Gasteiger partial charge in [0, 0.05) is 17.6 Å². The number of aliphatic hydroxyl groups excluding tert-OH is 1. The smallest absolute Gasteiger partial charge is 0.123 e. The fourth-order valence-electron chi connectivity index (χ4n) is 2.16. The molecule has 2 aromatic rings. The molecule has 2 atom stereocenters. The van der Waals surface area contributed by atoms with E-state index in [0.29, 0.717) is 18.2 Å². The van der Waals surface area contributed by atoms with Crippen LogP contribution in [0.3, 0.4) is 0 Å². The summed E-state index contributed by atoms with van der Waals surface area (Å²) in [6.45, 7) is 2.93. The number of hydrogen-bond acceptors (Lipinski definition) is 3. The number of hydrogen-bond donors (Lipinski definition) is 2. The molecule has 0 bridgehead atoms. The van der Waals surface area contributed by atoms with Gasteiger partial charge < -0.3 is 15.2 Å². The van der Waals surface area contributed by atoms with E-state index in [-0.39, 0.29) is 18.5 Å². The van der Waals surface area contributed by atoms with Gasteiger partial charge >= 0.3 is 0 Å². The second-order valence-electron chi connectivity index (χ2n) is 5.44. The van der Waals surface area contributed by atoms with Gasteiger partial charge in [-0.2, -0.15) is 0 Å². The first-order valence-corrected chi connectivity index (χ1v) is 7.92. The molecule has 5 heteroatoms. The number of benzene rings is 2. The highest BCUT2D eigenvalue weighted by Gasteiger charge is 2.09. The van der Waals surface area contributed by atoms with E-state index in [0.717, 1.165) is 11.1 Å². The van der Waals surface area contributed by atoms with Gasteiger partial charge in [0.2, 0.25) is 0 Å². The van der Waals surface area contributed by atoms with Crippen LogP contribution in [0.4, 0.5) is 4.39 Å². The van der Waals surface area contributed by atoms with Gasteiger partial charge in [0.1, 0.15) is 5.82 Å². The molecule has 0 amide bonds. The average molecular weight is 338 g/mol. The molecule has 0 saturated heterocycles. The van der Waals surface area contributed by atoms with Crippen molar-refractivity contribution in [3.63, 3.8) is 0 Å². The van der Waals surface area contributed by atoms with Gasteiger partial charge in [0.25, 0.3) is 0 Å². The minimum absolute atomic E-state index is 0.0221. The highest BCUT2D eigenvalue weighted by Crippen LogP contribution is 2.16. The Morgan fingerprint density at radius 3 is 2.57 bits per heavy atom. The molecule has 0 spiro atoms. The summed E-state index contributed by atoms with van der Waals surface area (Å²) in [4.78, 5) is 0. The van der Waals surface area contributed by atoms with Gasteiger partial charge in [-0.15, -0.1) is 0 Å². The van der Waals surface area contributed by atoms with Crippen molar-refractivity contribution in [2.45, 2.75) is 25.7 Å². The van der Waals surface area contributed by atoms with Crippen LogP contribution in [0.1, 0.15) is 24.1 Å². The van der Waals surface area contributed by atoms with E-state index in [1.807, 2.05) is 31.2 Å². The molecule has 0 saturated carbocycles. The van der Waals surface area contributed by atoms with Crippen LogP contribution in [-0.4, -0.2) is 24.4 Å². The summed E-state index contributed by atoms with van der Waals surface area (Å²) >= 11 is 6.04. The van der Waals surface area contributed by atoms with Crippen LogP contribution in [0.15, 0.2) is 48.5 Å². The Labute approximate surface area is 141 Å². The van der Waals surface area contributed by atoms with Gasteiger partial charge in [-0.3, -0.25) is 0 Å². The van der Waals surface area contributed by atoms with Crippen LogP contribution in [0.25, 0.3) is 0 Å². The molecule has 0 aliphatic carbocycles. The number of aliphatic hydroxyl groups is 1.